The number of hydrogen-bond acceptors (Lipinski definition) is 10. The van der Waals surface area contributed by atoms with E-state index in [9.17, 15) is 39.6 Å². The number of carbonyl (C=O) groups is 4. The highest BCUT2D eigenvalue weighted by molar-refractivity contribution is 5.73. The SMILES string of the molecule is CNC1OC1CCC(C(=O)O)N1CCN(CC(=O)O)CCN(CC(=O)O)CCN(CC(=O)O)CC1. The first kappa shape index (κ1) is 28.9. The molecule has 2 aliphatic heterocycles. The molecule has 2 saturated heterocycles. The number of ether oxygens (including phenoxy) is 1. The number of epoxide rings is 1. The molecule has 0 aromatic heterocycles. The van der Waals surface area contributed by atoms with Crippen LogP contribution in [0.2, 0.25) is 0 Å². The van der Waals surface area contributed by atoms with E-state index in [1.54, 1.807) is 26.6 Å². The van der Waals surface area contributed by atoms with E-state index < -0.39 is 29.9 Å². The summed E-state index contributed by atoms with van der Waals surface area (Å²) in [5.41, 5.74) is 0. The van der Waals surface area contributed by atoms with Crippen LogP contribution in [0, 0.1) is 0 Å². The van der Waals surface area contributed by atoms with Gasteiger partial charge in [-0.1, -0.05) is 0 Å². The molecule has 0 saturated carbocycles. The number of likely N-dealkylation sites (N-methyl/N-ethyl adjacent to an activating group) is 1. The molecule has 14 heteroatoms. The molecular weight excluding hydrogens is 466 g/mol. The number of rotatable bonds is 12. The Morgan fingerprint density at radius 3 is 1.49 bits per heavy atom. The second kappa shape index (κ2) is 14.3. The van der Waals surface area contributed by atoms with Crippen molar-refractivity contribution in [3.63, 3.8) is 0 Å². The van der Waals surface area contributed by atoms with Gasteiger partial charge in [0, 0.05) is 52.4 Å². The van der Waals surface area contributed by atoms with Crippen LogP contribution in [0.3, 0.4) is 0 Å². The number of carboxylic acids is 4. The molecule has 0 radical (unpaired) electrons. The molecule has 0 spiro atoms. The second-order valence-corrected chi connectivity index (χ2v) is 8.86. The second-order valence-electron chi connectivity index (χ2n) is 8.86. The third-order valence-electron chi connectivity index (χ3n) is 6.27. The predicted octanol–water partition coefficient (Wildman–Crippen LogP) is -2.36. The molecule has 14 nitrogen and oxygen atoms in total. The smallest absolute Gasteiger partial charge is 0.320 e. The summed E-state index contributed by atoms with van der Waals surface area (Å²) in [5, 5.41) is 40.8. The molecule has 2 heterocycles. The first-order valence-corrected chi connectivity index (χ1v) is 11.7. The Labute approximate surface area is 204 Å². The molecule has 3 unspecified atom stereocenters. The van der Waals surface area contributed by atoms with Gasteiger partial charge in [0.2, 0.25) is 0 Å². The molecular formula is C21H37N5O9. The minimum Gasteiger partial charge on any atom is -0.480 e. The Morgan fingerprint density at radius 1 is 0.771 bits per heavy atom. The summed E-state index contributed by atoms with van der Waals surface area (Å²) >= 11 is 0. The molecule has 0 amide bonds. The Balaban J connectivity index is 2.17. The van der Waals surface area contributed by atoms with Crippen molar-refractivity contribution in [2.24, 2.45) is 0 Å². The highest BCUT2D eigenvalue weighted by Crippen LogP contribution is 2.25. The number of nitrogens with zero attached hydrogens (tertiary/aromatic N) is 4. The summed E-state index contributed by atoms with van der Waals surface area (Å²) in [6, 6.07) is -0.832. The fourth-order valence-electron chi connectivity index (χ4n) is 4.31. The molecule has 35 heavy (non-hydrogen) atoms. The van der Waals surface area contributed by atoms with Crippen LogP contribution in [0.25, 0.3) is 0 Å². The Kier molecular flexibility index (Phi) is 11.8. The summed E-state index contributed by atoms with van der Waals surface area (Å²) < 4.78 is 5.44. The van der Waals surface area contributed by atoms with Crippen LogP contribution < -0.4 is 5.32 Å². The number of carboxylic acid groups (broad SMARTS) is 4. The normalized spacial score (nSPS) is 24.7. The van der Waals surface area contributed by atoms with E-state index in [0.29, 0.717) is 12.8 Å². The predicted molar refractivity (Wildman–Crippen MR) is 122 cm³/mol. The maximum Gasteiger partial charge on any atom is 0.320 e. The molecule has 0 aromatic carbocycles. The van der Waals surface area contributed by atoms with Gasteiger partial charge in [-0.05, 0) is 19.9 Å². The molecule has 0 bridgehead atoms. The summed E-state index contributed by atoms with van der Waals surface area (Å²) in [5.74, 6) is -4.08. The quantitative estimate of drug-likeness (QED) is 0.178. The van der Waals surface area contributed by atoms with Gasteiger partial charge in [-0.25, -0.2) is 0 Å². The van der Waals surface area contributed by atoms with E-state index in [1.165, 1.54) is 0 Å². The van der Waals surface area contributed by atoms with E-state index in [-0.39, 0.29) is 84.3 Å². The Bertz CT molecular complexity index is 708. The van der Waals surface area contributed by atoms with Gasteiger partial charge < -0.3 is 25.2 Å². The average Bonchev–Trinajstić information content (AvgIpc) is 3.52. The van der Waals surface area contributed by atoms with E-state index in [4.69, 9.17) is 4.74 Å². The van der Waals surface area contributed by atoms with E-state index in [0.717, 1.165) is 0 Å². The highest BCUT2D eigenvalue weighted by Gasteiger charge is 2.39. The summed E-state index contributed by atoms with van der Waals surface area (Å²) in [6.07, 6.45) is 0.742. The monoisotopic (exact) mass is 503 g/mol. The summed E-state index contributed by atoms with van der Waals surface area (Å²) in [7, 11) is 1.77. The summed E-state index contributed by atoms with van der Waals surface area (Å²) in [6.45, 7) is 1.47. The molecule has 2 aliphatic rings. The van der Waals surface area contributed by atoms with Crippen LogP contribution >= 0.6 is 0 Å². The van der Waals surface area contributed by atoms with Gasteiger partial charge in [0.05, 0.1) is 25.7 Å². The van der Waals surface area contributed by atoms with Gasteiger partial charge in [0.1, 0.15) is 12.3 Å². The number of nitrogens with one attached hydrogen (secondary N) is 1. The molecule has 2 rings (SSSR count). The lowest BCUT2D eigenvalue weighted by Crippen LogP contribution is -2.51. The lowest BCUT2D eigenvalue weighted by atomic mass is 10.1. The van der Waals surface area contributed by atoms with Crippen molar-refractivity contribution < 1.29 is 44.3 Å². The first-order valence-electron chi connectivity index (χ1n) is 11.7. The zero-order valence-corrected chi connectivity index (χ0v) is 20.0. The molecule has 0 aliphatic carbocycles. The minimum absolute atomic E-state index is 0.0541. The Morgan fingerprint density at radius 2 is 1.17 bits per heavy atom. The highest BCUT2D eigenvalue weighted by atomic mass is 16.6. The van der Waals surface area contributed by atoms with Crippen molar-refractivity contribution in [3.05, 3.63) is 0 Å². The van der Waals surface area contributed by atoms with Crippen molar-refractivity contribution >= 4 is 23.9 Å². The van der Waals surface area contributed by atoms with Crippen molar-refractivity contribution in [1.82, 2.24) is 24.9 Å². The zero-order valence-electron chi connectivity index (χ0n) is 20.0. The summed E-state index contributed by atoms with van der Waals surface area (Å²) in [4.78, 5) is 52.9. The van der Waals surface area contributed by atoms with Crippen LogP contribution in [0.4, 0.5) is 0 Å². The van der Waals surface area contributed by atoms with Gasteiger partial charge in [-0.15, -0.1) is 0 Å². The standard InChI is InChI=1S/C21H37N5O9/c1-22-20-16(35-20)3-2-15(21(33)34)26-10-8-24(13-18(29)30)6-4-23(12-17(27)28)5-7-25(9-11-26)14-19(31)32/h15-16,20,22H,2-14H2,1H3,(H,27,28)(H,29,30)(H,31,32)(H,33,34). The minimum atomic E-state index is -1.03. The van der Waals surface area contributed by atoms with Gasteiger partial charge in [-0.2, -0.15) is 0 Å². The largest absolute Gasteiger partial charge is 0.480 e. The lowest BCUT2D eigenvalue weighted by molar-refractivity contribution is -0.145. The van der Waals surface area contributed by atoms with Crippen LogP contribution in [0.1, 0.15) is 12.8 Å². The van der Waals surface area contributed by atoms with Gasteiger partial charge in [0.25, 0.3) is 0 Å². The van der Waals surface area contributed by atoms with Crippen molar-refractivity contribution in [3.8, 4) is 0 Å². The van der Waals surface area contributed by atoms with E-state index in [1.807, 2.05) is 0 Å². The maximum atomic E-state index is 12.1. The van der Waals surface area contributed by atoms with Gasteiger partial charge in [0.15, 0.2) is 0 Å². The van der Waals surface area contributed by atoms with Gasteiger partial charge in [-0.3, -0.25) is 44.1 Å². The molecule has 3 atom stereocenters. The van der Waals surface area contributed by atoms with E-state index in [2.05, 4.69) is 5.32 Å². The Hall–Kier alpha value is -2.36. The van der Waals surface area contributed by atoms with Crippen LogP contribution in [-0.2, 0) is 23.9 Å². The molecule has 5 N–H and O–H groups in total. The van der Waals surface area contributed by atoms with Crippen LogP contribution in [0.15, 0.2) is 0 Å². The average molecular weight is 504 g/mol. The molecule has 2 fully saturated rings. The molecule has 200 valence electrons. The third-order valence-corrected chi connectivity index (χ3v) is 6.27. The van der Waals surface area contributed by atoms with Crippen LogP contribution in [-0.4, -0.2) is 161 Å². The fourth-order valence-corrected chi connectivity index (χ4v) is 4.31. The molecule has 0 aromatic rings. The van der Waals surface area contributed by atoms with Crippen molar-refractivity contribution in [2.45, 2.75) is 31.2 Å². The number of hydrogen-bond donors (Lipinski definition) is 5. The van der Waals surface area contributed by atoms with Crippen molar-refractivity contribution in [1.29, 1.82) is 0 Å². The lowest BCUT2D eigenvalue weighted by Gasteiger charge is -2.35. The topological polar surface area (TPSA) is 187 Å². The van der Waals surface area contributed by atoms with E-state index >= 15 is 0 Å². The third kappa shape index (κ3) is 10.8. The fraction of sp³-hybridized carbons (Fsp3) is 0.810. The van der Waals surface area contributed by atoms with Gasteiger partial charge >= 0.3 is 23.9 Å². The van der Waals surface area contributed by atoms with Crippen LogP contribution in [0.5, 0.6) is 0 Å². The maximum absolute atomic E-state index is 12.1. The van der Waals surface area contributed by atoms with Crippen molar-refractivity contribution in [2.75, 3.05) is 79.0 Å². The number of aliphatic carboxylic acids is 4. The zero-order chi connectivity index (χ0) is 26.0. The first-order chi connectivity index (χ1) is 16.6.